The quantitative estimate of drug-likeness (QED) is 0.892. The number of aromatic nitrogens is 1. The predicted octanol–water partition coefficient (Wildman–Crippen LogP) is 3.50. The number of carbonyl (C=O) groups is 1. The van der Waals surface area contributed by atoms with Crippen molar-refractivity contribution in [1.82, 2.24) is 15.2 Å². The van der Waals surface area contributed by atoms with E-state index in [0.29, 0.717) is 11.6 Å². The van der Waals surface area contributed by atoms with Crippen LogP contribution in [0.15, 0.2) is 18.2 Å². The number of hydrogen-bond donors (Lipinski definition) is 1. The Bertz CT molecular complexity index is 781. The Kier molecular flexibility index (Phi) is 5.14. The first-order chi connectivity index (χ1) is 12.6. The molecule has 1 atom stereocenters. The third kappa shape index (κ3) is 3.71. The Hall–Kier alpha value is -1.66. The summed E-state index contributed by atoms with van der Waals surface area (Å²) in [6, 6.07) is 6.65. The second-order valence-corrected chi connectivity index (χ2v) is 8.80. The monoisotopic (exact) mass is 372 g/mol. The topological polar surface area (TPSA) is 48.5 Å². The molecule has 140 valence electrons. The minimum Gasteiger partial charge on any atom is -0.350 e. The van der Waals surface area contributed by atoms with Crippen LogP contribution in [0, 0.1) is 0 Å². The number of benzene rings is 1. The van der Waals surface area contributed by atoms with Gasteiger partial charge in [0.05, 0.1) is 10.2 Å². The van der Waals surface area contributed by atoms with Gasteiger partial charge in [0, 0.05) is 30.7 Å². The number of nitrogens with one attached hydrogen (secondary N) is 1. The smallest absolute Gasteiger partial charge is 0.251 e. The molecule has 2 aromatic rings. The van der Waals surface area contributed by atoms with Gasteiger partial charge in [0.2, 0.25) is 0 Å². The Balaban J connectivity index is 1.48. The van der Waals surface area contributed by atoms with Gasteiger partial charge in [-0.15, -0.1) is 0 Å². The van der Waals surface area contributed by atoms with Crippen LogP contribution in [-0.2, 0) is 0 Å². The zero-order valence-corrected chi connectivity index (χ0v) is 16.5. The number of rotatable bonds is 4. The summed E-state index contributed by atoms with van der Waals surface area (Å²) in [5, 5.41) is 4.06. The van der Waals surface area contributed by atoms with E-state index in [4.69, 9.17) is 4.98 Å². The summed E-state index contributed by atoms with van der Waals surface area (Å²) < 4.78 is 1.10. The first-order valence-electron chi connectivity index (χ1n) is 9.80. The highest BCUT2D eigenvalue weighted by atomic mass is 32.1. The summed E-state index contributed by atoms with van der Waals surface area (Å²) in [6.07, 6.45) is 5.31. The Morgan fingerprint density at radius 1 is 1.23 bits per heavy atom. The van der Waals surface area contributed by atoms with Crippen molar-refractivity contribution in [1.29, 1.82) is 0 Å². The van der Waals surface area contributed by atoms with E-state index < -0.39 is 0 Å². The number of piperidine rings is 1. The van der Waals surface area contributed by atoms with Crippen molar-refractivity contribution in [2.75, 3.05) is 31.1 Å². The van der Waals surface area contributed by atoms with Crippen LogP contribution in [0.5, 0.6) is 0 Å². The molecule has 1 N–H and O–H groups in total. The number of carbonyl (C=O) groups excluding carboxylic acids is 1. The van der Waals surface area contributed by atoms with Gasteiger partial charge in [-0.3, -0.25) is 9.69 Å². The van der Waals surface area contributed by atoms with E-state index in [1.165, 1.54) is 38.8 Å². The largest absolute Gasteiger partial charge is 0.350 e. The maximum absolute atomic E-state index is 12.2. The lowest BCUT2D eigenvalue weighted by Gasteiger charge is -2.32. The molecule has 0 bridgehead atoms. The molecule has 2 saturated heterocycles. The number of likely N-dealkylation sites (tertiary alicyclic amines) is 1. The van der Waals surface area contributed by atoms with Crippen molar-refractivity contribution >= 4 is 32.6 Å². The van der Waals surface area contributed by atoms with Gasteiger partial charge in [0.25, 0.3) is 5.91 Å². The fourth-order valence-electron chi connectivity index (χ4n) is 4.03. The van der Waals surface area contributed by atoms with Crippen molar-refractivity contribution in [2.24, 2.45) is 0 Å². The molecule has 2 fully saturated rings. The van der Waals surface area contributed by atoms with E-state index in [-0.39, 0.29) is 11.9 Å². The standard InChI is InChI=1S/C20H28N4OS/c1-14(2)21-19(25)15-6-7-17-18(12-15)26-20(22-17)24-11-8-16(13-24)23-9-4-3-5-10-23/h6-7,12,14,16H,3-5,8-11,13H2,1-2H3,(H,21,25)/t16-/m1/s1. The molecule has 3 heterocycles. The SMILES string of the molecule is CC(C)NC(=O)c1ccc2nc(N3CC[C@@H](N4CCCCC4)C3)sc2c1. The number of nitrogens with zero attached hydrogens (tertiary/aromatic N) is 3. The maximum atomic E-state index is 12.2. The number of hydrogen-bond acceptors (Lipinski definition) is 5. The molecule has 2 aliphatic heterocycles. The lowest BCUT2D eigenvalue weighted by Crippen LogP contribution is -2.40. The van der Waals surface area contributed by atoms with Crippen LogP contribution in [0.4, 0.5) is 5.13 Å². The molecular weight excluding hydrogens is 344 g/mol. The zero-order chi connectivity index (χ0) is 18.1. The van der Waals surface area contributed by atoms with Gasteiger partial charge in [0.1, 0.15) is 0 Å². The summed E-state index contributed by atoms with van der Waals surface area (Å²) in [5.74, 6) is -0.0109. The lowest BCUT2D eigenvalue weighted by atomic mass is 10.1. The molecule has 0 saturated carbocycles. The molecular formula is C20H28N4OS. The third-order valence-electron chi connectivity index (χ3n) is 5.40. The molecule has 4 rings (SSSR count). The van der Waals surface area contributed by atoms with E-state index in [2.05, 4.69) is 15.1 Å². The molecule has 1 aromatic heterocycles. The fraction of sp³-hybridized carbons (Fsp3) is 0.600. The predicted molar refractivity (Wildman–Crippen MR) is 108 cm³/mol. The summed E-state index contributed by atoms with van der Waals surface area (Å²) in [5.41, 5.74) is 1.71. The lowest BCUT2D eigenvalue weighted by molar-refractivity contribution is 0.0943. The number of thiazole rings is 1. The van der Waals surface area contributed by atoms with Gasteiger partial charge in [0.15, 0.2) is 5.13 Å². The number of anilines is 1. The normalized spacial score (nSPS) is 21.7. The molecule has 0 radical (unpaired) electrons. The van der Waals surface area contributed by atoms with Crippen LogP contribution in [0.25, 0.3) is 10.2 Å². The van der Waals surface area contributed by atoms with E-state index in [1.807, 2.05) is 32.0 Å². The van der Waals surface area contributed by atoms with Crippen LogP contribution in [0.2, 0.25) is 0 Å². The first-order valence-corrected chi connectivity index (χ1v) is 10.6. The molecule has 1 aromatic carbocycles. The maximum Gasteiger partial charge on any atom is 0.251 e. The zero-order valence-electron chi connectivity index (χ0n) is 15.7. The highest BCUT2D eigenvalue weighted by Crippen LogP contribution is 2.32. The van der Waals surface area contributed by atoms with Gasteiger partial charge in [-0.25, -0.2) is 4.98 Å². The van der Waals surface area contributed by atoms with Gasteiger partial charge < -0.3 is 10.2 Å². The fourth-order valence-corrected chi connectivity index (χ4v) is 5.07. The highest BCUT2D eigenvalue weighted by molar-refractivity contribution is 7.22. The molecule has 26 heavy (non-hydrogen) atoms. The minimum atomic E-state index is -0.0109. The first kappa shape index (κ1) is 17.7. The average molecular weight is 373 g/mol. The Labute approximate surface area is 159 Å². The van der Waals surface area contributed by atoms with Gasteiger partial charge in [-0.2, -0.15) is 0 Å². The van der Waals surface area contributed by atoms with Gasteiger partial charge in [-0.1, -0.05) is 17.8 Å². The highest BCUT2D eigenvalue weighted by Gasteiger charge is 2.30. The van der Waals surface area contributed by atoms with Crippen molar-refractivity contribution in [2.45, 2.75) is 51.6 Å². The van der Waals surface area contributed by atoms with Crippen molar-refractivity contribution in [3.8, 4) is 0 Å². The van der Waals surface area contributed by atoms with Crippen molar-refractivity contribution in [3.05, 3.63) is 23.8 Å². The minimum absolute atomic E-state index is 0.0109. The van der Waals surface area contributed by atoms with Gasteiger partial charge in [-0.05, 0) is 64.4 Å². The van der Waals surface area contributed by atoms with Crippen molar-refractivity contribution in [3.63, 3.8) is 0 Å². The molecule has 5 nitrogen and oxygen atoms in total. The summed E-state index contributed by atoms with van der Waals surface area (Å²) in [4.78, 5) is 22.2. The van der Waals surface area contributed by atoms with Crippen LogP contribution < -0.4 is 10.2 Å². The second-order valence-electron chi connectivity index (χ2n) is 7.79. The third-order valence-corrected chi connectivity index (χ3v) is 6.48. The number of amides is 1. The Morgan fingerprint density at radius 3 is 2.81 bits per heavy atom. The molecule has 0 unspecified atom stereocenters. The summed E-state index contributed by atoms with van der Waals surface area (Å²) in [6.45, 7) is 8.64. The van der Waals surface area contributed by atoms with E-state index in [1.54, 1.807) is 11.3 Å². The van der Waals surface area contributed by atoms with Crippen LogP contribution in [0.1, 0.15) is 49.9 Å². The van der Waals surface area contributed by atoms with E-state index >= 15 is 0 Å². The second kappa shape index (κ2) is 7.53. The van der Waals surface area contributed by atoms with Crippen LogP contribution >= 0.6 is 11.3 Å². The van der Waals surface area contributed by atoms with E-state index in [0.717, 1.165) is 28.4 Å². The Morgan fingerprint density at radius 2 is 2.04 bits per heavy atom. The molecule has 0 spiro atoms. The van der Waals surface area contributed by atoms with Crippen molar-refractivity contribution < 1.29 is 4.79 Å². The van der Waals surface area contributed by atoms with Gasteiger partial charge >= 0.3 is 0 Å². The number of fused-ring (bicyclic) bond motifs is 1. The average Bonchev–Trinajstić information content (AvgIpc) is 3.28. The molecule has 2 aliphatic rings. The summed E-state index contributed by atoms with van der Waals surface area (Å²) in [7, 11) is 0. The van der Waals surface area contributed by atoms with Crippen LogP contribution in [-0.4, -0.2) is 54.1 Å². The summed E-state index contributed by atoms with van der Waals surface area (Å²) >= 11 is 1.71. The molecule has 6 heteroatoms. The van der Waals surface area contributed by atoms with E-state index in [9.17, 15) is 4.79 Å². The molecule has 0 aliphatic carbocycles. The molecule has 1 amide bonds. The van der Waals surface area contributed by atoms with Crippen LogP contribution in [0.3, 0.4) is 0 Å².